The van der Waals surface area contributed by atoms with Crippen molar-refractivity contribution in [3.05, 3.63) is 47.0 Å². The Labute approximate surface area is 140 Å². The minimum atomic E-state index is -4.47. The molecule has 0 saturated carbocycles. The average Bonchev–Trinajstić information content (AvgIpc) is 3.07. The fourth-order valence-electron chi connectivity index (χ4n) is 2.47. The number of benzene rings is 1. The van der Waals surface area contributed by atoms with Crippen LogP contribution in [-0.4, -0.2) is 40.3 Å². The van der Waals surface area contributed by atoms with E-state index in [1.165, 1.54) is 18.6 Å². The standard InChI is InChI=1S/C16H13F3N4O2/c17-16(18,19)11-3-9-5-20-8-13(9)12(4-11)10-6-22-14(23-7-10)15(25)21-1-2-24/h3-4,6-8,24H,1-2,5H2,(H,21,25). The molecule has 1 aliphatic heterocycles. The van der Waals surface area contributed by atoms with Crippen LogP contribution in [0.2, 0.25) is 0 Å². The molecule has 0 aliphatic carbocycles. The second-order valence-corrected chi connectivity index (χ2v) is 5.34. The van der Waals surface area contributed by atoms with E-state index in [2.05, 4.69) is 20.3 Å². The lowest BCUT2D eigenvalue weighted by molar-refractivity contribution is -0.137. The quantitative estimate of drug-likeness (QED) is 0.880. The number of alkyl halides is 3. The Hall–Kier alpha value is -2.81. The van der Waals surface area contributed by atoms with Gasteiger partial charge in [-0.1, -0.05) is 0 Å². The fraction of sp³-hybridized carbons (Fsp3) is 0.250. The van der Waals surface area contributed by atoms with Gasteiger partial charge in [0.05, 0.1) is 18.7 Å². The number of hydrogen-bond donors (Lipinski definition) is 2. The number of aliphatic imine (C=N–C) groups is 1. The van der Waals surface area contributed by atoms with E-state index in [9.17, 15) is 18.0 Å². The first-order valence-electron chi connectivity index (χ1n) is 7.35. The second kappa shape index (κ2) is 6.60. The van der Waals surface area contributed by atoms with Gasteiger partial charge >= 0.3 is 6.18 Å². The van der Waals surface area contributed by atoms with E-state index in [4.69, 9.17) is 5.11 Å². The molecular weight excluding hydrogens is 337 g/mol. The molecule has 0 atom stereocenters. The van der Waals surface area contributed by atoms with E-state index < -0.39 is 17.6 Å². The van der Waals surface area contributed by atoms with Crippen LogP contribution in [0.25, 0.3) is 11.1 Å². The number of fused-ring (bicyclic) bond motifs is 1. The summed E-state index contributed by atoms with van der Waals surface area (Å²) in [6.45, 7) is 0.0236. The number of hydrogen-bond acceptors (Lipinski definition) is 5. The number of carbonyl (C=O) groups excluding carboxylic acids is 1. The van der Waals surface area contributed by atoms with E-state index in [1.807, 2.05) is 0 Å². The van der Waals surface area contributed by atoms with Crippen molar-refractivity contribution in [2.45, 2.75) is 12.7 Å². The molecule has 2 heterocycles. The molecule has 1 aliphatic rings. The van der Waals surface area contributed by atoms with Gasteiger partial charge in [0, 0.05) is 36.3 Å². The molecule has 9 heteroatoms. The number of carbonyl (C=O) groups is 1. The minimum Gasteiger partial charge on any atom is -0.395 e. The second-order valence-electron chi connectivity index (χ2n) is 5.34. The Morgan fingerprint density at radius 2 is 1.96 bits per heavy atom. The van der Waals surface area contributed by atoms with Crippen LogP contribution in [0.15, 0.2) is 29.5 Å². The Balaban J connectivity index is 1.98. The van der Waals surface area contributed by atoms with E-state index >= 15 is 0 Å². The molecule has 3 rings (SSSR count). The summed E-state index contributed by atoms with van der Waals surface area (Å²) in [6.07, 6.45) is -0.365. The number of amides is 1. The monoisotopic (exact) mass is 350 g/mol. The van der Waals surface area contributed by atoms with Gasteiger partial charge in [-0.15, -0.1) is 0 Å². The number of nitrogens with zero attached hydrogens (tertiary/aromatic N) is 3. The topological polar surface area (TPSA) is 87.5 Å². The number of nitrogens with one attached hydrogen (secondary N) is 1. The average molecular weight is 350 g/mol. The summed E-state index contributed by atoms with van der Waals surface area (Å²) in [6, 6.07) is 2.11. The zero-order valence-electron chi connectivity index (χ0n) is 12.8. The highest BCUT2D eigenvalue weighted by atomic mass is 19.4. The summed E-state index contributed by atoms with van der Waals surface area (Å²) in [5, 5.41) is 11.1. The molecule has 0 radical (unpaired) electrons. The third-order valence-electron chi connectivity index (χ3n) is 3.64. The first-order valence-corrected chi connectivity index (χ1v) is 7.35. The van der Waals surface area contributed by atoms with Gasteiger partial charge in [-0.25, -0.2) is 9.97 Å². The molecule has 0 bridgehead atoms. The lowest BCUT2D eigenvalue weighted by Crippen LogP contribution is -2.28. The molecule has 1 amide bonds. The van der Waals surface area contributed by atoms with E-state index in [0.717, 1.165) is 12.1 Å². The van der Waals surface area contributed by atoms with Gasteiger partial charge in [-0.2, -0.15) is 13.2 Å². The van der Waals surface area contributed by atoms with Crippen LogP contribution in [-0.2, 0) is 12.7 Å². The summed E-state index contributed by atoms with van der Waals surface area (Å²) in [5.41, 5.74) is 0.975. The Kier molecular flexibility index (Phi) is 4.49. The summed E-state index contributed by atoms with van der Waals surface area (Å²) in [4.78, 5) is 23.5. The molecule has 1 aromatic carbocycles. The highest BCUT2D eigenvalue weighted by Crippen LogP contribution is 2.36. The first kappa shape index (κ1) is 17.0. The van der Waals surface area contributed by atoms with Crippen LogP contribution in [0.1, 0.15) is 27.3 Å². The third-order valence-corrected chi connectivity index (χ3v) is 3.64. The highest BCUT2D eigenvalue weighted by molar-refractivity contribution is 5.95. The van der Waals surface area contributed by atoms with Crippen molar-refractivity contribution in [2.75, 3.05) is 13.2 Å². The summed E-state index contributed by atoms with van der Waals surface area (Å²) in [7, 11) is 0. The highest BCUT2D eigenvalue weighted by Gasteiger charge is 2.32. The van der Waals surface area contributed by atoms with Gasteiger partial charge in [-0.05, 0) is 23.3 Å². The summed E-state index contributed by atoms with van der Waals surface area (Å²) >= 11 is 0. The maximum Gasteiger partial charge on any atom is 0.416 e. The predicted molar refractivity (Wildman–Crippen MR) is 83.2 cm³/mol. The zero-order valence-corrected chi connectivity index (χ0v) is 12.8. The van der Waals surface area contributed by atoms with Gasteiger partial charge in [-0.3, -0.25) is 9.79 Å². The molecule has 25 heavy (non-hydrogen) atoms. The minimum absolute atomic E-state index is 0.0571. The van der Waals surface area contributed by atoms with Gasteiger partial charge in [0.15, 0.2) is 0 Å². The van der Waals surface area contributed by atoms with Crippen molar-refractivity contribution in [3.63, 3.8) is 0 Å². The number of rotatable bonds is 4. The fourth-order valence-corrected chi connectivity index (χ4v) is 2.47. The van der Waals surface area contributed by atoms with Crippen molar-refractivity contribution >= 4 is 12.1 Å². The van der Waals surface area contributed by atoms with Crippen molar-refractivity contribution in [1.82, 2.24) is 15.3 Å². The summed E-state index contributed by atoms with van der Waals surface area (Å²) < 4.78 is 39.3. The van der Waals surface area contributed by atoms with Crippen LogP contribution >= 0.6 is 0 Å². The molecule has 1 aromatic heterocycles. The molecule has 0 unspecified atom stereocenters. The molecule has 0 saturated heterocycles. The largest absolute Gasteiger partial charge is 0.416 e. The van der Waals surface area contributed by atoms with Crippen molar-refractivity contribution in [1.29, 1.82) is 0 Å². The Morgan fingerprint density at radius 1 is 1.24 bits per heavy atom. The number of aliphatic hydroxyl groups is 1. The van der Waals surface area contributed by atoms with Gasteiger partial charge in [0.2, 0.25) is 5.82 Å². The van der Waals surface area contributed by atoms with Crippen molar-refractivity contribution < 1.29 is 23.1 Å². The van der Waals surface area contributed by atoms with Crippen molar-refractivity contribution in [3.8, 4) is 11.1 Å². The van der Waals surface area contributed by atoms with Crippen LogP contribution in [0.4, 0.5) is 13.2 Å². The maximum absolute atomic E-state index is 13.1. The van der Waals surface area contributed by atoms with E-state index in [0.29, 0.717) is 22.3 Å². The number of aliphatic hydroxyl groups excluding tert-OH is 1. The molecule has 2 aromatic rings. The third kappa shape index (κ3) is 3.50. The van der Waals surface area contributed by atoms with Crippen molar-refractivity contribution in [2.24, 2.45) is 4.99 Å². The number of aromatic nitrogens is 2. The van der Waals surface area contributed by atoms with E-state index in [-0.39, 0.29) is 25.5 Å². The van der Waals surface area contributed by atoms with Crippen LogP contribution < -0.4 is 5.32 Å². The molecule has 2 N–H and O–H groups in total. The van der Waals surface area contributed by atoms with Crippen LogP contribution in [0.3, 0.4) is 0 Å². The van der Waals surface area contributed by atoms with Gasteiger partial charge < -0.3 is 10.4 Å². The maximum atomic E-state index is 13.1. The Morgan fingerprint density at radius 3 is 2.60 bits per heavy atom. The van der Waals surface area contributed by atoms with Crippen LogP contribution in [0, 0.1) is 0 Å². The normalized spacial score (nSPS) is 13.0. The predicted octanol–water partition coefficient (Wildman–Crippen LogP) is 1.82. The van der Waals surface area contributed by atoms with Gasteiger partial charge in [0.25, 0.3) is 5.91 Å². The zero-order chi connectivity index (χ0) is 18.0. The molecular formula is C16H13F3N4O2. The van der Waals surface area contributed by atoms with E-state index in [1.54, 1.807) is 0 Å². The molecule has 0 spiro atoms. The molecule has 6 nitrogen and oxygen atoms in total. The Bertz CT molecular complexity index is 833. The lowest BCUT2D eigenvalue weighted by Gasteiger charge is -2.13. The summed E-state index contributed by atoms with van der Waals surface area (Å²) in [5.74, 6) is -0.703. The molecule has 0 fully saturated rings. The number of halogens is 3. The SMILES string of the molecule is O=C(NCCO)c1ncc(-c2cc(C(F)(F)F)cc3c2C=NC3)cn1. The molecule has 130 valence electrons. The van der Waals surface area contributed by atoms with Gasteiger partial charge in [0.1, 0.15) is 0 Å². The first-order chi connectivity index (χ1) is 11.9. The lowest BCUT2D eigenvalue weighted by atomic mass is 9.95. The van der Waals surface area contributed by atoms with Crippen LogP contribution in [0.5, 0.6) is 0 Å². The smallest absolute Gasteiger partial charge is 0.395 e.